The van der Waals surface area contributed by atoms with Gasteiger partial charge >= 0.3 is 0 Å². The van der Waals surface area contributed by atoms with Crippen LogP contribution < -0.4 is 5.32 Å². The van der Waals surface area contributed by atoms with E-state index in [-0.39, 0.29) is 29.2 Å². The Morgan fingerprint density at radius 2 is 1.64 bits per heavy atom. The molecule has 0 aromatic rings. The predicted octanol–water partition coefficient (Wildman–Crippen LogP) is 3.21. The van der Waals surface area contributed by atoms with Crippen LogP contribution in [0.2, 0.25) is 0 Å². The van der Waals surface area contributed by atoms with Crippen LogP contribution in [0.5, 0.6) is 0 Å². The molecule has 0 aromatic carbocycles. The molecule has 1 fully saturated rings. The van der Waals surface area contributed by atoms with Crippen molar-refractivity contribution in [3.8, 4) is 0 Å². The summed E-state index contributed by atoms with van der Waals surface area (Å²) in [6, 6.07) is 0.240. The van der Waals surface area contributed by atoms with Crippen molar-refractivity contribution in [2.24, 2.45) is 17.3 Å². The monoisotopic (exact) mass is 310 g/mol. The molecular formula is C18H34N2O2. The minimum atomic E-state index is -0.333. The lowest BCUT2D eigenvalue weighted by atomic mass is 9.90. The maximum absolute atomic E-state index is 12.3. The Kier molecular flexibility index (Phi) is 6.89. The van der Waals surface area contributed by atoms with Crippen molar-refractivity contribution in [3.05, 3.63) is 0 Å². The quantitative estimate of drug-likeness (QED) is 0.847. The third kappa shape index (κ3) is 5.98. The van der Waals surface area contributed by atoms with Crippen LogP contribution in [-0.2, 0) is 9.59 Å². The number of rotatable bonds is 5. The second kappa shape index (κ2) is 7.98. The molecule has 4 nitrogen and oxygen atoms in total. The van der Waals surface area contributed by atoms with Gasteiger partial charge in [0, 0.05) is 30.5 Å². The number of amides is 2. The zero-order valence-corrected chi connectivity index (χ0v) is 15.2. The van der Waals surface area contributed by atoms with Crippen molar-refractivity contribution in [1.29, 1.82) is 0 Å². The second-order valence-corrected chi connectivity index (χ2v) is 8.20. The molecule has 2 amide bonds. The van der Waals surface area contributed by atoms with Gasteiger partial charge in [-0.1, -0.05) is 34.6 Å². The Labute approximate surface area is 136 Å². The maximum atomic E-state index is 12.3. The lowest BCUT2D eigenvalue weighted by molar-refractivity contribution is -0.142. The maximum Gasteiger partial charge on any atom is 0.227 e. The molecule has 1 heterocycles. The molecule has 0 saturated carbocycles. The van der Waals surface area contributed by atoms with Crippen molar-refractivity contribution in [1.82, 2.24) is 10.2 Å². The average molecular weight is 310 g/mol. The minimum absolute atomic E-state index is 0.0607. The minimum Gasteiger partial charge on any atom is -0.353 e. The molecule has 1 unspecified atom stereocenters. The van der Waals surface area contributed by atoms with Crippen molar-refractivity contribution >= 4 is 11.8 Å². The van der Waals surface area contributed by atoms with Crippen LogP contribution in [0.1, 0.15) is 67.2 Å². The zero-order valence-electron chi connectivity index (χ0n) is 15.2. The van der Waals surface area contributed by atoms with Gasteiger partial charge in [-0.15, -0.1) is 0 Å². The molecule has 0 aromatic heterocycles. The lowest BCUT2D eigenvalue weighted by Crippen LogP contribution is -2.47. The van der Waals surface area contributed by atoms with Crippen molar-refractivity contribution < 1.29 is 9.59 Å². The van der Waals surface area contributed by atoms with Gasteiger partial charge in [-0.2, -0.15) is 0 Å². The van der Waals surface area contributed by atoms with E-state index in [1.165, 1.54) is 0 Å². The van der Waals surface area contributed by atoms with Gasteiger partial charge in [-0.05, 0) is 38.5 Å². The standard InChI is InChI=1S/C18H34N2O2/c1-13(2)7-8-14(3)19-16(21)15-9-11-20(12-10-15)17(22)18(4,5)6/h13-15H,7-12H2,1-6H3,(H,19,21). The molecule has 1 aliphatic rings. The van der Waals surface area contributed by atoms with Crippen LogP contribution in [0.4, 0.5) is 0 Å². The fourth-order valence-electron chi connectivity index (χ4n) is 2.84. The molecule has 0 radical (unpaired) electrons. The highest BCUT2D eigenvalue weighted by Gasteiger charge is 2.32. The van der Waals surface area contributed by atoms with Gasteiger partial charge in [-0.25, -0.2) is 0 Å². The van der Waals surface area contributed by atoms with Crippen LogP contribution >= 0.6 is 0 Å². The molecule has 1 N–H and O–H groups in total. The van der Waals surface area contributed by atoms with Crippen molar-refractivity contribution in [2.75, 3.05) is 13.1 Å². The summed E-state index contributed by atoms with van der Waals surface area (Å²) in [4.78, 5) is 26.5. The number of hydrogen-bond acceptors (Lipinski definition) is 2. The van der Waals surface area contributed by atoms with Crippen LogP contribution in [0.3, 0.4) is 0 Å². The summed E-state index contributed by atoms with van der Waals surface area (Å²) >= 11 is 0. The average Bonchev–Trinajstić information content (AvgIpc) is 2.43. The first-order chi connectivity index (χ1) is 10.1. The third-order valence-corrected chi connectivity index (χ3v) is 4.36. The molecule has 1 atom stereocenters. The number of likely N-dealkylation sites (tertiary alicyclic amines) is 1. The zero-order chi connectivity index (χ0) is 16.9. The van der Waals surface area contributed by atoms with E-state index >= 15 is 0 Å². The summed E-state index contributed by atoms with van der Waals surface area (Å²) < 4.78 is 0. The van der Waals surface area contributed by atoms with Crippen LogP contribution in [-0.4, -0.2) is 35.8 Å². The first-order valence-corrected chi connectivity index (χ1v) is 8.71. The molecule has 4 heteroatoms. The fraction of sp³-hybridized carbons (Fsp3) is 0.889. The smallest absolute Gasteiger partial charge is 0.227 e. The number of carbonyl (C=O) groups excluding carboxylic acids is 2. The van der Waals surface area contributed by atoms with Gasteiger partial charge in [0.2, 0.25) is 11.8 Å². The van der Waals surface area contributed by atoms with Gasteiger partial charge in [-0.3, -0.25) is 9.59 Å². The van der Waals surface area contributed by atoms with E-state index in [1.807, 2.05) is 25.7 Å². The molecule has 0 spiro atoms. The van der Waals surface area contributed by atoms with Gasteiger partial charge in [0.05, 0.1) is 0 Å². The molecular weight excluding hydrogens is 276 g/mol. The largest absolute Gasteiger partial charge is 0.353 e. The summed E-state index contributed by atoms with van der Waals surface area (Å²) in [5.41, 5.74) is -0.333. The van der Waals surface area contributed by atoms with Gasteiger partial charge in [0.15, 0.2) is 0 Å². The molecule has 22 heavy (non-hydrogen) atoms. The fourth-order valence-corrected chi connectivity index (χ4v) is 2.84. The molecule has 128 valence electrons. The molecule has 1 saturated heterocycles. The van der Waals surface area contributed by atoms with E-state index < -0.39 is 0 Å². The van der Waals surface area contributed by atoms with E-state index in [1.54, 1.807) is 0 Å². The van der Waals surface area contributed by atoms with Crippen molar-refractivity contribution in [2.45, 2.75) is 73.3 Å². The Balaban J connectivity index is 2.38. The first-order valence-electron chi connectivity index (χ1n) is 8.71. The Bertz CT molecular complexity index is 377. The number of nitrogens with zero attached hydrogens (tertiary/aromatic N) is 1. The van der Waals surface area contributed by atoms with E-state index in [4.69, 9.17) is 0 Å². The highest BCUT2D eigenvalue weighted by atomic mass is 16.2. The Morgan fingerprint density at radius 3 is 2.09 bits per heavy atom. The van der Waals surface area contributed by atoms with Gasteiger partial charge in [0.1, 0.15) is 0 Å². The summed E-state index contributed by atoms with van der Waals surface area (Å²) in [6.07, 6.45) is 3.74. The number of carbonyl (C=O) groups is 2. The highest BCUT2D eigenvalue weighted by molar-refractivity contribution is 5.82. The molecule has 1 aliphatic heterocycles. The van der Waals surface area contributed by atoms with Crippen LogP contribution in [0.15, 0.2) is 0 Å². The van der Waals surface area contributed by atoms with Gasteiger partial charge in [0.25, 0.3) is 0 Å². The van der Waals surface area contributed by atoms with Gasteiger partial charge < -0.3 is 10.2 Å². The van der Waals surface area contributed by atoms with Crippen LogP contribution in [0, 0.1) is 17.3 Å². The highest BCUT2D eigenvalue weighted by Crippen LogP contribution is 2.23. The summed E-state index contributed by atoms with van der Waals surface area (Å²) in [7, 11) is 0. The Morgan fingerprint density at radius 1 is 1.09 bits per heavy atom. The van der Waals surface area contributed by atoms with Crippen LogP contribution in [0.25, 0.3) is 0 Å². The number of nitrogens with one attached hydrogen (secondary N) is 1. The molecule has 0 aliphatic carbocycles. The normalized spacial score (nSPS) is 18.4. The Hall–Kier alpha value is -1.06. The van der Waals surface area contributed by atoms with E-state index in [0.717, 1.165) is 25.7 Å². The summed E-state index contributed by atoms with van der Waals surface area (Å²) in [5, 5.41) is 3.14. The summed E-state index contributed by atoms with van der Waals surface area (Å²) in [6.45, 7) is 13.7. The summed E-state index contributed by atoms with van der Waals surface area (Å²) in [5.74, 6) is 1.09. The first kappa shape index (κ1) is 19.0. The molecule has 1 rings (SSSR count). The predicted molar refractivity (Wildman–Crippen MR) is 90.4 cm³/mol. The SMILES string of the molecule is CC(C)CCC(C)NC(=O)C1CCN(C(=O)C(C)(C)C)CC1. The number of hydrogen-bond donors (Lipinski definition) is 1. The second-order valence-electron chi connectivity index (χ2n) is 8.20. The van der Waals surface area contributed by atoms with E-state index in [0.29, 0.717) is 19.0 Å². The van der Waals surface area contributed by atoms with E-state index in [2.05, 4.69) is 26.1 Å². The molecule has 0 bridgehead atoms. The number of piperidine rings is 1. The topological polar surface area (TPSA) is 49.4 Å². The third-order valence-electron chi connectivity index (χ3n) is 4.36. The lowest BCUT2D eigenvalue weighted by Gasteiger charge is -2.35. The van der Waals surface area contributed by atoms with Crippen molar-refractivity contribution in [3.63, 3.8) is 0 Å². The van der Waals surface area contributed by atoms with E-state index in [9.17, 15) is 9.59 Å².